The quantitative estimate of drug-likeness (QED) is 0.352. The minimum atomic E-state index is 0.400. The van der Waals surface area contributed by atoms with Crippen LogP contribution < -0.4 is 5.32 Å². The number of hydrogen-bond acceptors (Lipinski definition) is 4. The van der Waals surface area contributed by atoms with E-state index in [0.717, 1.165) is 31.7 Å². The van der Waals surface area contributed by atoms with Crippen LogP contribution in [0.3, 0.4) is 0 Å². The van der Waals surface area contributed by atoms with E-state index in [-0.39, 0.29) is 0 Å². The number of pyridine rings is 1. The molecular formula is C29H38N6. The van der Waals surface area contributed by atoms with Gasteiger partial charge in [0.15, 0.2) is 5.65 Å². The van der Waals surface area contributed by atoms with Crippen molar-refractivity contribution in [3.8, 4) is 11.3 Å². The summed E-state index contributed by atoms with van der Waals surface area (Å²) in [5.74, 6) is 0.999. The molecule has 1 aromatic carbocycles. The summed E-state index contributed by atoms with van der Waals surface area (Å²) >= 11 is 0. The van der Waals surface area contributed by atoms with Gasteiger partial charge in [0.1, 0.15) is 6.33 Å². The zero-order valence-electron chi connectivity index (χ0n) is 21.8. The molecule has 0 unspecified atom stereocenters. The molecule has 0 atom stereocenters. The predicted molar refractivity (Wildman–Crippen MR) is 145 cm³/mol. The predicted octanol–water partition coefficient (Wildman–Crippen LogP) is 5.92. The maximum Gasteiger partial charge on any atom is 0.158 e. The van der Waals surface area contributed by atoms with Crippen molar-refractivity contribution in [2.24, 2.45) is 0 Å². The van der Waals surface area contributed by atoms with Gasteiger partial charge in [-0.15, -0.1) is 0 Å². The summed E-state index contributed by atoms with van der Waals surface area (Å²) < 4.78 is 1.90. The van der Waals surface area contributed by atoms with Gasteiger partial charge in [-0.25, -0.2) is 9.50 Å². The highest BCUT2D eigenvalue weighted by Crippen LogP contribution is 2.40. The van der Waals surface area contributed by atoms with Crippen LogP contribution in [0.2, 0.25) is 0 Å². The summed E-state index contributed by atoms with van der Waals surface area (Å²) in [6, 6.07) is 7.08. The number of fused-ring (bicyclic) bond motifs is 2. The highest BCUT2D eigenvalue weighted by atomic mass is 15.3. The highest BCUT2D eigenvalue weighted by molar-refractivity contribution is 5.92. The number of rotatable bonds is 7. The molecular weight excluding hydrogens is 432 g/mol. The molecule has 35 heavy (non-hydrogen) atoms. The zero-order valence-corrected chi connectivity index (χ0v) is 21.8. The summed E-state index contributed by atoms with van der Waals surface area (Å²) in [6.07, 6.45) is 7.14. The van der Waals surface area contributed by atoms with Crippen molar-refractivity contribution in [1.29, 1.82) is 0 Å². The maximum atomic E-state index is 4.44. The van der Waals surface area contributed by atoms with Crippen LogP contribution in [0.1, 0.15) is 67.2 Å². The third-order valence-corrected chi connectivity index (χ3v) is 7.91. The normalized spacial score (nSPS) is 15.1. The second-order valence-electron chi connectivity index (χ2n) is 10.4. The van der Waals surface area contributed by atoms with Gasteiger partial charge in [-0.2, -0.15) is 5.10 Å². The monoisotopic (exact) mass is 470 g/mol. The molecule has 4 aromatic rings. The first-order valence-corrected chi connectivity index (χ1v) is 12.9. The Kier molecular flexibility index (Phi) is 6.41. The maximum absolute atomic E-state index is 4.44. The molecule has 6 heteroatoms. The Morgan fingerprint density at radius 3 is 2.69 bits per heavy atom. The Morgan fingerprint density at radius 1 is 1.20 bits per heavy atom. The summed E-state index contributed by atoms with van der Waals surface area (Å²) in [6.45, 7) is 16.4. The lowest BCUT2D eigenvalue weighted by Gasteiger charge is -2.35. The van der Waals surface area contributed by atoms with Crippen molar-refractivity contribution in [1.82, 2.24) is 29.8 Å². The van der Waals surface area contributed by atoms with E-state index in [4.69, 9.17) is 0 Å². The van der Waals surface area contributed by atoms with Crippen molar-refractivity contribution in [3.05, 3.63) is 65.3 Å². The molecule has 0 spiro atoms. The molecule has 5 rings (SSSR count). The van der Waals surface area contributed by atoms with Crippen LogP contribution >= 0.6 is 0 Å². The molecule has 3 aromatic heterocycles. The van der Waals surface area contributed by atoms with E-state index in [2.05, 4.69) is 84.0 Å². The molecule has 0 aliphatic carbocycles. The van der Waals surface area contributed by atoms with Gasteiger partial charge in [0, 0.05) is 48.0 Å². The van der Waals surface area contributed by atoms with Crippen LogP contribution in [-0.4, -0.2) is 51.2 Å². The van der Waals surface area contributed by atoms with Gasteiger partial charge in [0.05, 0.1) is 5.69 Å². The number of aryl methyl sites for hydroxylation is 1. The number of benzene rings is 1. The number of aromatic amines is 1. The lowest BCUT2D eigenvalue weighted by molar-refractivity contribution is 0.256. The first-order valence-electron chi connectivity index (χ1n) is 12.9. The van der Waals surface area contributed by atoms with Gasteiger partial charge in [0.2, 0.25) is 0 Å². The van der Waals surface area contributed by atoms with E-state index in [1.165, 1.54) is 63.0 Å². The third-order valence-electron chi connectivity index (χ3n) is 7.91. The minimum Gasteiger partial charge on any atom is -0.375 e. The fourth-order valence-corrected chi connectivity index (χ4v) is 5.71. The number of nitrogens with zero attached hydrogens (tertiary/aromatic N) is 4. The average Bonchev–Trinajstić information content (AvgIpc) is 3.49. The van der Waals surface area contributed by atoms with Crippen LogP contribution in [0.25, 0.3) is 27.8 Å². The summed E-state index contributed by atoms with van der Waals surface area (Å²) in [5, 5.41) is 9.01. The fraction of sp³-hybridized carbons (Fsp3) is 0.448. The Balaban J connectivity index is 1.49. The van der Waals surface area contributed by atoms with Crippen LogP contribution in [-0.2, 0) is 0 Å². The van der Waals surface area contributed by atoms with Gasteiger partial charge in [-0.1, -0.05) is 26.5 Å². The summed E-state index contributed by atoms with van der Waals surface area (Å²) in [7, 11) is 2.00. The highest BCUT2D eigenvalue weighted by Gasteiger charge is 2.24. The number of aromatic nitrogens is 4. The van der Waals surface area contributed by atoms with E-state index in [1.807, 2.05) is 11.6 Å². The number of H-pyrrole nitrogens is 1. The van der Waals surface area contributed by atoms with Crippen molar-refractivity contribution in [2.75, 3.05) is 26.7 Å². The van der Waals surface area contributed by atoms with Crippen LogP contribution in [0.5, 0.6) is 0 Å². The Bertz CT molecular complexity index is 1370. The van der Waals surface area contributed by atoms with Crippen LogP contribution in [0.4, 0.5) is 0 Å². The van der Waals surface area contributed by atoms with Gasteiger partial charge < -0.3 is 15.2 Å². The standard InChI is InChI=1S/C29H38N6/c1-18(2)27-24-15-23(22-10-13-34(14-11-22)19(3)9-12-30-6)7-8-26(24)33-28(27)25-16-35-29(31-17-32-35)21(5)20(25)4/h7-8,15-18,22,30,33H,3,9-14H2,1-2,4-6H3. The van der Waals surface area contributed by atoms with Gasteiger partial charge in [-0.05, 0) is 86.4 Å². The van der Waals surface area contributed by atoms with Gasteiger partial charge in [0.25, 0.3) is 0 Å². The van der Waals surface area contributed by atoms with E-state index in [0.29, 0.717) is 11.8 Å². The lowest BCUT2D eigenvalue weighted by Crippen LogP contribution is -2.32. The van der Waals surface area contributed by atoms with Crippen LogP contribution in [0.15, 0.2) is 43.0 Å². The van der Waals surface area contributed by atoms with Crippen molar-refractivity contribution in [3.63, 3.8) is 0 Å². The zero-order chi connectivity index (χ0) is 24.7. The SMILES string of the molecule is C=C(CCNC)N1CCC(c2ccc3[nH]c(-c4cn5ncnc5c(C)c4C)c(C(C)C)c3c2)CC1. The smallest absolute Gasteiger partial charge is 0.158 e. The fourth-order valence-electron chi connectivity index (χ4n) is 5.71. The molecule has 2 N–H and O–H groups in total. The van der Waals surface area contributed by atoms with Crippen molar-refractivity contribution in [2.45, 2.75) is 58.8 Å². The van der Waals surface area contributed by atoms with Crippen molar-refractivity contribution >= 4 is 16.6 Å². The molecule has 1 aliphatic rings. The topological polar surface area (TPSA) is 61.2 Å². The lowest BCUT2D eigenvalue weighted by atomic mass is 9.87. The van der Waals surface area contributed by atoms with Gasteiger partial charge in [-0.3, -0.25) is 0 Å². The van der Waals surface area contributed by atoms with Crippen molar-refractivity contribution < 1.29 is 0 Å². The number of likely N-dealkylation sites (tertiary alicyclic amines) is 1. The first kappa shape index (κ1) is 23.6. The molecule has 1 fully saturated rings. The van der Waals surface area contributed by atoms with E-state index in [1.54, 1.807) is 6.33 Å². The number of piperidine rings is 1. The van der Waals surface area contributed by atoms with E-state index >= 15 is 0 Å². The molecule has 1 saturated heterocycles. The number of nitrogens with one attached hydrogen (secondary N) is 2. The molecule has 0 amide bonds. The first-order chi connectivity index (χ1) is 16.9. The number of hydrogen-bond donors (Lipinski definition) is 2. The minimum absolute atomic E-state index is 0.400. The second kappa shape index (κ2) is 9.50. The Hall–Kier alpha value is -3.12. The average molecular weight is 471 g/mol. The van der Waals surface area contributed by atoms with Crippen LogP contribution in [0, 0.1) is 13.8 Å². The van der Waals surface area contributed by atoms with Gasteiger partial charge >= 0.3 is 0 Å². The van der Waals surface area contributed by atoms with E-state index < -0.39 is 0 Å². The third kappa shape index (κ3) is 4.25. The summed E-state index contributed by atoms with van der Waals surface area (Å²) in [5.41, 5.74) is 11.1. The molecule has 0 bridgehead atoms. The Labute approximate surface area is 208 Å². The molecule has 0 radical (unpaired) electrons. The largest absolute Gasteiger partial charge is 0.375 e. The van der Waals surface area contributed by atoms with E-state index in [9.17, 15) is 0 Å². The molecule has 4 heterocycles. The molecule has 1 aliphatic heterocycles. The molecule has 184 valence electrons. The molecule has 6 nitrogen and oxygen atoms in total. The Morgan fingerprint density at radius 2 is 1.97 bits per heavy atom. The second-order valence-corrected chi connectivity index (χ2v) is 10.4. The summed E-state index contributed by atoms with van der Waals surface area (Å²) in [4.78, 5) is 10.7. The molecule has 0 saturated carbocycles.